The largest absolute Gasteiger partial charge is 0.420 e. The van der Waals surface area contributed by atoms with Crippen LogP contribution in [0.4, 0.5) is 0 Å². The zero-order valence-corrected chi connectivity index (χ0v) is 12.0. The second-order valence-corrected chi connectivity index (χ2v) is 10.4. The molecule has 0 aromatic carbocycles. The van der Waals surface area contributed by atoms with E-state index in [0.29, 0.717) is 0 Å². The summed E-state index contributed by atoms with van der Waals surface area (Å²) in [7, 11) is 0.608. The summed E-state index contributed by atoms with van der Waals surface area (Å²) in [5.74, 6) is 2.83. The van der Waals surface area contributed by atoms with Crippen molar-refractivity contribution in [2.75, 3.05) is 7.11 Å². The van der Waals surface area contributed by atoms with Crippen LogP contribution < -0.4 is 0 Å². The predicted octanol–water partition coefficient (Wildman–Crippen LogP) is 4.22. The maximum atomic E-state index is 5.90. The lowest BCUT2D eigenvalue weighted by Crippen LogP contribution is -2.35. The van der Waals surface area contributed by atoms with Gasteiger partial charge in [0.25, 0.3) is 0 Å². The van der Waals surface area contributed by atoms with E-state index in [0.717, 1.165) is 17.8 Å². The second kappa shape index (κ2) is 5.05. The van der Waals surface area contributed by atoms with Gasteiger partial charge in [-0.15, -0.1) is 0 Å². The molecule has 0 saturated heterocycles. The van der Waals surface area contributed by atoms with Crippen molar-refractivity contribution < 1.29 is 4.43 Å². The first-order valence-electron chi connectivity index (χ1n) is 6.96. The third kappa shape index (κ3) is 2.28. The molecule has 1 fully saturated rings. The van der Waals surface area contributed by atoms with E-state index in [2.05, 4.69) is 26.0 Å². The van der Waals surface area contributed by atoms with Gasteiger partial charge in [0.15, 0.2) is 8.32 Å². The van der Waals surface area contributed by atoms with Crippen molar-refractivity contribution in [1.82, 2.24) is 0 Å². The van der Waals surface area contributed by atoms with Crippen molar-refractivity contribution in [2.24, 2.45) is 17.8 Å². The van der Waals surface area contributed by atoms with E-state index >= 15 is 0 Å². The molecule has 3 unspecified atom stereocenters. The van der Waals surface area contributed by atoms with Crippen LogP contribution >= 0.6 is 0 Å². The van der Waals surface area contributed by atoms with Gasteiger partial charge in [0, 0.05) is 7.11 Å². The van der Waals surface area contributed by atoms with E-state index in [1.54, 1.807) is 0 Å². The van der Waals surface area contributed by atoms with Crippen LogP contribution in [0.25, 0.3) is 0 Å². The number of rotatable bonds is 6. The summed E-state index contributed by atoms with van der Waals surface area (Å²) < 4.78 is 5.90. The third-order valence-corrected chi connectivity index (χ3v) is 9.75. The molecular formula is C14H26OSi. The summed E-state index contributed by atoms with van der Waals surface area (Å²) in [6, 6.07) is 3.96. The smallest absolute Gasteiger partial charge is 0.191 e. The highest BCUT2D eigenvalue weighted by Gasteiger charge is 2.38. The first kappa shape index (κ1) is 12.4. The van der Waals surface area contributed by atoms with Crippen LogP contribution in [0.3, 0.4) is 0 Å². The Morgan fingerprint density at radius 2 is 1.94 bits per heavy atom. The molecule has 0 radical (unpaired) electrons. The highest BCUT2D eigenvalue weighted by Crippen LogP contribution is 2.46. The Hall–Kier alpha value is -0.0831. The van der Waals surface area contributed by atoms with Gasteiger partial charge < -0.3 is 4.43 Å². The second-order valence-electron chi connectivity index (χ2n) is 5.67. The van der Waals surface area contributed by atoms with Gasteiger partial charge in [-0.05, 0) is 48.7 Å². The SMILES string of the molecule is CC[Si](CC)(CCC1CC2C=CC1C2)OC. The Morgan fingerprint density at radius 1 is 1.19 bits per heavy atom. The fourth-order valence-corrected chi connectivity index (χ4v) is 6.55. The van der Waals surface area contributed by atoms with E-state index in [1.807, 2.05) is 7.11 Å². The van der Waals surface area contributed by atoms with Gasteiger partial charge in [0.1, 0.15) is 0 Å². The molecule has 2 rings (SSSR count). The lowest BCUT2D eigenvalue weighted by molar-refractivity contribution is 0.371. The predicted molar refractivity (Wildman–Crippen MR) is 72.0 cm³/mol. The van der Waals surface area contributed by atoms with Crippen molar-refractivity contribution in [3.8, 4) is 0 Å². The maximum Gasteiger partial charge on any atom is 0.191 e. The molecule has 2 heteroatoms. The minimum atomic E-state index is -1.34. The Balaban J connectivity index is 1.84. The van der Waals surface area contributed by atoms with E-state index in [4.69, 9.17) is 4.43 Å². The Labute approximate surface area is 101 Å². The molecule has 1 nitrogen and oxygen atoms in total. The van der Waals surface area contributed by atoms with Crippen LogP contribution in [-0.4, -0.2) is 15.4 Å². The molecular weight excluding hydrogens is 212 g/mol. The van der Waals surface area contributed by atoms with Gasteiger partial charge in [-0.1, -0.05) is 32.4 Å². The van der Waals surface area contributed by atoms with E-state index in [1.165, 1.54) is 37.4 Å². The zero-order chi connectivity index (χ0) is 11.6. The highest BCUT2D eigenvalue weighted by molar-refractivity contribution is 6.73. The summed E-state index contributed by atoms with van der Waals surface area (Å²) in [6.45, 7) is 4.64. The van der Waals surface area contributed by atoms with Gasteiger partial charge >= 0.3 is 0 Å². The van der Waals surface area contributed by atoms with Crippen LogP contribution in [-0.2, 0) is 4.43 Å². The van der Waals surface area contributed by atoms with Gasteiger partial charge in [0.05, 0.1) is 0 Å². The average Bonchev–Trinajstić information content (AvgIpc) is 2.93. The van der Waals surface area contributed by atoms with Gasteiger partial charge in [-0.25, -0.2) is 0 Å². The van der Waals surface area contributed by atoms with E-state index in [9.17, 15) is 0 Å². The summed E-state index contributed by atoms with van der Waals surface area (Å²) in [6.07, 6.45) is 9.26. The quantitative estimate of drug-likeness (QED) is 0.497. The lowest BCUT2D eigenvalue weighted by atomic mass is 9.91. The van der Waals surface area contributed by atoms with Crippen LogP contribution in [0, 0.1) is 17.8 Å². The maximum absolute atomic E-state index is 5.90. The molecule has 3 atom stereocenters. The van der Waals surface area contributed by atoms with Crippen molar-refractivity contribution in [3.05, 3.63) is 12.2 Å². The lowest BCUT2D eigenvalue weighted by Gasteiger charge is -2.29. The summed E-state index contributed by atoms with van der Waals surface area (Å²) >= 11 is 0. The van der Waals surface area contributed by atoms with Gasteiger partial charge in [-0.2, -0.15) is 0 Å². The molecule has 0 heterocycles. The van der Waals surface area contributed by atoms with Crippen LogP contribution in [0.5, 0.6) is 0 Å². The first-order valence-corrected chi connectivity index (χ1v) is 9.49. The Bertz CT molecular complexity index is 249. The minimum absolute atomic E-state index is 0.919. The van der Waals surface area contributed by atoms with Crippen molar-refractivity contribution in [3.63, 3.8) is 0 Å². The minimum Gasteiger partial charge on any atom is -0.420 e. The Kier molecular flexibility index (Phi) is 3.91. The molecule has 2 bridgehead atoms. The number of hydrogen-bond donors (Lipinski definition) is 0. The van der Waals surface area contributed by atoms with Crippen molar-refractivity contribution in [2.45, 2.75) is 51.2 Å². The third-order valence-electron chi connectivity index (χ3n) is 5.11. The first-order chi connectivity index (χ1) is 7.73. The topological polar surface area (TPSA) is 9.23 Å². The van der Waals surface area contributed by atoms with Gasteiger partial charge in [0.2, 0.25) is 0 Å². The average molecular weight is 238 g/mol. The highest BCUT2D eigenvalue weighted by atomic mass is 28.4. The fourth-order valence-electron chi connectivity index (χ4n) is 3.67. The normalized spacial score (nSPS) is 32.6. The Morgan fingerprint density at radius 3 is 2.38 bits per heavy atom. The standard InChI is InChI=1S/C14H26OSi/c1-4-16(5-2,15-3)9-8-14-11-12-6-7-13(14)10-12/h6-7,12-14H,4-5,8-11H2,1-3H3. The summed E-state index contributed by atoms with van der Waals surface area (Å²) in [5, 5.41) is 0. The van der Waals surface area contributed by atoms with Crippen LogP contribution in [0.15, 0.2) is 12.2 Å². The number of allylic oxidation sites excluding steroid dienone is 2. The van der Waals surface area contributed by atoms with Crippen LogP contribution in [0.1, 0.15) is 33.1 Å². The van der Waals surface area contributed by atoms with E-state index < -0.39 is 8.32 Å². The number of hydrogen-bond acceptors (Lipinski definition) is 1. The number of fused-ring (bicyclic) bond motifs is 2. The molecule has 0 aromatic rings. The molecule has 1 saturated carbocycles. The van der Waals surface area contributed by atoms with Crippen molar-refractivity contribution in [1.29, 1.82) is 0 Å². The molecule has 0 amide bonds. The molecule has 92 valence electrons. The molecule has 0 spiro atoms. The summed E-state index contributed by atoms with van der Waals surface area (Å²) in [4.78, 5) is 0. The zero-order valence-electron chi connectivity index (χ0n) is 11.0. The molecule has 16 heavy (non-hydrogen) atoms. The van der Waals surface area contributed by atoms with Crippen LogP contribution in [0.2, 0.25) is 18.1 Å². The van der Waals surface area contributed by atoms with Gasteiger partial charge in [-0.3, -0.25) is 0 Å². The van der Waals surface area contributed by atoms with Crippen molar-refractivity contribution >= 4 is 8.32 Å². The summed E-state index contributed by atoms with van der Waals surface area (Å²) in [5.41, 5.74) is 0. The molecule has 0 N–H and O–H groups in total. The molecule has 0 aliphatic heterocycles. The van der Waals surface area contributed by atoms with E-state index in [-0.39, 0.29) is 0 Å². The fraction of sp³-hybridized carbons (Fsp3) is 0.857. The molecule has 2 aliphatic carbocycles. The molecule has 2 aliphatic rings. The monoisotopic (exact) mass is 238 g/mol. The molecule has 0 aromatic heterocycles.